The maximum absolute atomic E-state index is 13.0. The van der Waals surface area contributed by atoms with E-state index in [1.165, 1.54) is 0 Å². The number of benzene rings is 2. The van der Waals surface area contributed by atoms with E-state index in [4.69, 9.17) is 0 Å². The Bertz CT molecular complexity index is 631. The molecule has 23 heavy (non-hydrogen) atoms. The van der Waals surface area contributed by atoms with E-state index in [1.54, 1.807) is 0 Å². The average Bonchev–Trinajstić information content (AvgIpc) is 2.52. The van der Waals surface area contributed by atoms with Crippen LogP contribution in [0, 0.1) is 19.8 Å². The molecule has 0 aliphatic carbocycles. The zero-order valence-corrected chi connectivity index (χ0v) is 15.7. The molecule has 2 atom stereocenters. The van der Waals surface area contributed by atoms with Crippen molar-refractivity contribution in [2.45, 2.75) is 48.5 Å². The van der Waals surface area contributed by atoms with Crippen molar-refractivity contribution in [1.29, 1.82) is 0 Å². The maximum Gasteiger partial charge on any atom is 0.119 e. The van der Waals surface area contributed by atoms with Gasteiger partial charge < -0.3 is 0 Å². The second-order valence-corrected chi connectivity index (χ2v) is 9.85. The van der Waals surface area contributed by atoms with Gasteiger partial charge in [0.15, 0.2) is 0 Å². The predicted molar refractivity (Wildman–Crippen MR) is 98.4 cm³/mol. The minimum absolute atomic E-state index is 0.337. The fourth-order valence-corrected chi connectivity index (χ4v) is 6.12. The molecule has 2 aromatic rings. The summed E-state index contributed by atoms with van der Waals surface area (Å²) in [4.78, 5) is 1.50. The molecule has 0 amide bonds. The zero-order valence-electron chi connectivity index (χ0n) is 14.1. The van der Waals surface area contributed by atoms with Crippen molar-refractivity contribution in [1.82, 2.24) is 0 Å². The first-order valence-corrected chi connectivity index (χ1v) is 10.3. The molecule has 0 unspecified atom stereocenters. The molecule has 0 aliphatic heterocycles. The second-order valence-electron chi connectivity index (χ2n) is 6.28. The first-order valence-electron chi connectivity index (χ1n) is 7.83. The summed E-state index contributed by atoms with van der Waals surface area (Å²) in [6.45, 7) is 8.16. The van der Waals surface area contributed by atoms with E-state index in [-0.39, 0.29) is 4.58 Å². The summed E-state index contributed by atoms with van der Waals surface area (Å²) in [5.41, 5.74) is 2.26. The molecule has 0 spiro atoms. The van der Waals surface area contributed by atoms with E-state index in [9.17, 15) is 8.42 Å². The Hall–Kier alpha value is -1.26. The normalized spacial score (nSPS) is 14.2. The van der Waals surface area contributed by atoms with E-state index in [0.29, 0.717) is 12.3 Å². The number of hydrogen-bond acceptors (Lipinski definition) is 2. The molecule has 0 N–H and O–H groups in total. The van der Waals surface area contributed by atoms with Gasteiger partial charge in [0.1, 0.15) is 4.58 Å². The molecule has 0 aromatic heterocycles. The molecular weight excluding hydrogens is 324 g/mol. The van der Waals surface area contributed by atoms with Crippen LogP contribution in [-0.2, 0) is 21.6 Å². The van der Waals surface area contributed by atoms with Crippen LogP contribution in [-0.4, -0.2) is 13.0 Å². The summed E-state index contributed by atoms with van der Waals surface area (Å²) in [7, 11) is -2.57. The van der Waals surface area contributed by atoms with Gasteiger partial charge in [-0.05, 0) is 50.5 Å². The van der Waals surface area contributed by atoms with E-state index in [1.807, 2.05) is 62.4 Å². The highest BCUT2D eigenvalue weighted by Crippen LogP contribution is 2.25. The van der Waals surface area contributed by atoms with Crippen LogP contribution in [0.5, 0.6) is 0 Å². The Morgan fingerprint density at radius 2 is 1.09 bits per heavy atom. The third-order valence-electron chi connectivity index (χ3n) is 3.65. The first kappa shape index (κ1) is 18.1. The van der Waals surface area contributed by atoms with E-state index in [2.05, 4.69) is 13.8 Å². The monoisotopic (exact) mass is 348 g/mol. The van der Waals surface area contributed by atoms with Crippen molar-refractivity contribution in [2.75, 3.05) is 0 Å². The quantitative estimate of drug-likeness (QED) is 0.765. The number of aryl methyl sites for hydroxylation is 2. The third kappa shape index (κ3) is 4.85. The lowest BCUT2D eigenvalue weighted by Crippen LogP contribution is -2.23. The van der Waals surface area contributed by atoms with Gasteiger partial charge in [0, 0.05) is 9.79 Å². The van der Waals surface area contributed by atoms with Gasteiger partial charge in [-0.1, -0.05) is 49.2 Å². The van der Waals surface area contributed by atoms with Crippen LogP contribution >= 0.6 is 0 Å². The van der Waals surface area contributed by atoms with Crippen LogP contribution in [0.1, 0.15) is 31.4 Å². The molecule has 124 valence electrons. The van der Waals surface area contributed by atoms with Crippen LogP contribution in [0.2, 0.25) is 0 Å². The van der Waals surface area contributed by atoms with Crippen molar-refractivity contribution in [3.8, 4) is 0 Å². The standard InChI is InChI=1S/C19H24O2S2/c1-14(2)13-19(22(20)17-9-5-15(3)6-10-17)23(21)18-11-7-16(4)8-12-18/h5-12,14,19H,13H2,1-4H3/t22-,23-/m0/s1. The third-order valence-corrected chi connectivity index (χ3v) is 7.51. The van der Waals surface area contributed by atoms with Gasteiger partial charge in [-0.3, -0.25) is 8.42 Å². The van der Waals surface area contributed by atoms with Gasteiger partial charge in [0.2, 0.25) is 0 Å². The highest BCUT2D eigenvalue weighted by molar-refractivity contribution is 8.03. The molecule has 2 nitrogen and oxygen atoms in total. The minimum atomic E-state index is -1.29. The molecule has 0 heterocycles. The van der Waals surface area contributed by atoms with Gasteiger partial charge in [0.05, 0.1) is 21.6 Å². The van der Waals surface area contributed by atoms with Gasteiger partial charge in [-0.2, -0.15) is 0 Å². The van der Waals surface area contributed by atoms with Crippen molar-refractivity contribution < 1.29 is 8.42 Å². The molecule has 2 aromatic carbocycles. The molecule has 0 saturated carbocycles. The van der Waals surface area contributed by atoms with Gasteiger partial charge in [-0.15, -0.1) is 0 Å². The zero-order chi connectivity index (χ0) is 17.0. The Balaban J connectivity index is 2.32. The van der Waals surface area contributed by atoms with E-state index in [0.717, 1.165) is 20.9 Å². The summed E-state index contributed by atoms with van der Waals surface area (Å²) in [6.07, 6.45) is 0.668. The van der Waals surface area contributed by atoms with Gasteiger partial charge >= 0.3 is 0 Å². The Morgan fingerprint density at radius 3 is 1.39 bits per heavy atom. The van der Waals surface area contributed by atoms with E-state index < -0.39 is 21.6 Å². The summed E-state index contributed by atoms with van der Waals surface area (Å²) in [6, 6.07) is 15.3. The lowest BCUT2D eigenvalue weighted by Gasteiger charge is -2.18. The van der Waals surface area contributed by atoms with Crippen molar-refractivity contribution >= 4 is 21.6 Å². The molecule has 4 heteroatoms. The van der Waals surface area contributed by atoms with Crippen LogP contribution in [0.25, 0.3) is 0 Å². The molecule has 0 saturated heterocycles. The summed E-state index contributed by atoms with van der Waals surface area (Å²) < 4.78 is 25.6. The average molecular weight is 349 g/mol. The highest BCUT2D eigenvalue weighted by Gasteiger charge is 2.27. The molecule has 2 rings (SSSR count). The molecule has 0 aliphatic rings. The second kappa shape index (κ2) is 8.02. The molecule has 0 fully saturated rings. The molecule has 0 radical (unpaired) electrons. The smallest absolute Gasteiger partial charge is 0.119 e. The summed E-state index contributed by atoms with van der Waals surface area (Å²) in [5.74, 6) is 0.337. The van der Waals surface area contributed by atoms with Crippen molar-refractivity contribution in [3.63, 3.8) is 0 Å². The van der Waals surface area contributed by atoms with Crippen LogP contribution in [0.4, 0.5) is 0 Å². The van der Waals surface area contributed by atoms with Gasteiger partial charge in [-0.25, -0.2) is 0 Å². The lowest BCUT2D eigenvalue weighted by atomic mass is 10.2. The first-order chi connectivity index (χ1) is 10.9. The summed E-state index contributed by atoms with van der Waals surface area (Å²) in [5, 5.41) is 0. The predicted octanol–water partition coefficient (Wildman–Crippen LogP) is 4.59. The van der Waals surface area contributed by atoms with Gasteiger partial charge in [0.25, 0.3) is 0 Å². The Labute approximate surface area is 144 Å². The van der Waals surface area contributed by atoms with Crippen LogP contribution in [0.15, 0.2) is 58.3 Å². The van der Waals surface area contributed by atoms with Crippen molar-refractivity contribution in [2.24, 2.45) is 5.92 Å². The lowest BCUT2D eigenvalue weighted by molar-refractivity contribution is 0.595. The van der Waals surface area contributed by atoms with Crippen LogP contribution < -0.4 is 0 Å². The van der Waals surface area contributed by atoms with Crippen molar-refractivity contribution in [3.05, 3.63) is 59.7 Å². The topological polar surface area (TPSA) is 34.1 Å². The fourth-order valence-electron chi connectivity index (χ4n) is 2.29. The minimum Gasteiger partial charge on any atom is -0.253 e. The summed E-state index contributed by atoms with van der Waals surface area (Å²) >= 11 is 0. The van der Waals surface area contributed by atoms with Crippen LogP contribution in [0.3, 0.4) is 0 Å². The highest BCUT2D eigenvalue weighted by atomic mass is 32.2. The molecular formula is C19H24O2S2. The largest absolute Gasteiger partial charge is 0.253 e. The Kier molecular flexibility index (Phi) is 6.31. The SMILES string of the molecule is Cc1ccc([S@](=O)C(CC(C)C)[S@@](=O)c2ccc(C)cc2)cc1. The number of rotatable bonds is 6. The maximum atomic E-state index is 13.0. The van der Waals surface area contributed by atoms with E-state index >= 15 is 0 Å². The molecule has 0 bridgehead atoms. The number of hydrogen-bond donors (Lipinski definition) is 0. The Morgan fingerprint density at radius 1 is 0.739 bits per heavy atom. The fraction of sp³-hybridized carbons (Fsp3) is 0.368.